The van der Waals surface area contributed by atoms with E-state index in [1.54, 1.807) is 0 Å². The van der Waals surface area contributed by atoms with E-state index in [0.717, 1.165) is 43.8 Å². The van der Waals surface area contributed by atoms with Gasteiger partial charge in [0.1, 0.15) is 5.82 Å². The van der Waals surface area contributed by atoms with Crippen molar-refractivity contribution in [1.29, 1.82) is 0 Å². The first-order valence-corrected chi connectivity index (χ1v) is 7.97. The third-order valence-corrected chi connectivity index (χ3v) is 4.46. The van der Waals surface area contributed by atoms with E-state index in [1.807, 2.05) is 6.92 Å². The van der Waals surface area contributed by atoms with Crippen molar-refractivity contribution in [3.63, 3.8) is 0 Å². The summed E-state index contributed by atoms with van der Waals surface area (Å²) in [7, 11) is 0. The van der Waals surface area contributed by atoms with Crippen molar-refractivity contribution in [2.24, 2.45) is 5.41 Å². The number of hydrogen-bond acceptors (Lipinski definition) is 5. The summed E-state index contributed by atoms with van der Waals surface area (Å²) in [6.45, 7) is 10.00. The molecule has 5 heteroatoms. The molecule has 116 valence electrons. The van der Waals surface area contributed by atoms with Gasteiger partial charge in [0.2, 0.25) is 5.95 Å². The van der Waals surface area contributed by atoms with Gasteiger partial charge < -0.3 is 15.0 Å². The molecule has 1 atom stereocenters. The lowest BCUT2D eigenvalue weighted by Gasteiger charge is -2.27. The Labute approximate surface area is 127 Å². The number of anilines is 2. The van der Waals surface area contributed by atoms with Crippen LogP contribution in [0.25, 0.3) is 0 Å². The molecule has 0 aromatic carbocycles. The van der Waals surface area contributed by atoms with Crippen molar-refractivity contribution in [1.82, 2.24) is 9.97 Å². The van der Waals surface area contributed by atoms with Gasteiger partial charge in [-0.25, -0.2) is 4.98 Å². The lowest BCUT2D eigenvalue weighted by atomic mass is 9.92. The smallest absolute Gasteiger partial charge is 0.227 e. The van der Waals surface area contributed by atoms with Crippen molar-refractivity contribution >= 4 is 11.8 Å². The second kappa shape index (κ2) is 5.79. The average molecular weight is 290 g/mol. The summed E-state index contributed by atoms with van der Waals surface area (Å²) in [6, 6.07) is 2.58. The molecule has 0 spiro atoms. The Morgan fingerprint density at radius 1 is 1.29 bits per heavy atom. The van der Waals surface area contributed by atoms with E-state index >= 15 is 0 Å². The van der Waals surface area contributed by atoms with Crippen molar-refractivity contribution in [3.05, 3.63) is 11.8 Å². The SMILES string of the molecule is Cc1cc(NC2CCC(C)(C)C2)nc(N2CCOCC2)n1. The number of nitrogens with one attached hydrogen (secondary N) is 1. The van der Waals surface area contributed by atoms with Gasteiger partial charge in [-0.3, -0.25) is 0 Å². The summed E-state index contributed by atoms with van der Waals surface area (Å²) in [5.41, 5.74) is 1.47. The molecule has 1 saturated carbocycles. The quantitative estimate of drug-likeness (QED) is 0.927. The van der Waals surface area contributed by atoms with Crippen LogP contribution in [0, 0.1) is 12.3 Å². The number of hydrogen-bond donors (Lipinski definition) is 1. The Hall–Kier alpha value is -1.36. The number of morpholine rings is 1. The predicted octanol–water partition coefficient (Wildman–Crippen LogP) is 2.61. The topological polar surface area (TPSA) is 50.3 Å². The van der Waals surface area contributed by atoms with Gasteiger partial charge >= 0.3 is 0 Å². The maximum atomic E-state index is 5.40. The zero-order valence-electron chi connectivity index (χ0n) is 13.4. The standard InChI is InChI=1S/C16H26N4O/c1-12-10-14(18-13-4-5-16(2,3)11-13)19-15(17-12)20-6-8-21-9-7-20/h10,13H,4-9,11H2,1-3H3,(H,17,18,19). The van der Waals surface area contributed by atoms with Crippen LogP contribution in [0.5, 0.6) is 0 Å². The van der Waals surface area contributed by atoms with Crippen LogP contribution in [0.3, 0.4) is 0 Å². The zero-order valence-corrected chi connectivity index (χ0v) is 13.4. The Bertz CT molecular complexity index is 497. The first kappa shape index (κ1) is 14.6. The van der Waals surface area contributed by atoms with Gasteiger partial charge in [0.05, 0.1) is 13.2 Å². The number of aromatic nitrogens is 2. The first-order chi connectivity index (χ1) is 10.0. The van der Waals surface area contributed by atoms with Crippen LogP contribution < -0.4 is 10.2 Å². The van der Waals surface area contributed by atoms with E-state index in [0.29, 0.717) is 11.5 Å². The maximum Gasteiger partial charge on any atom is 0.227 e. The second-order valence-electron chi connectivity index (χ2n) is 7.04. The van der Waals surface area contributed by atoms with Crippen molar-refractivity contribution < 1.29 is 4.74 Å². The molecule has 1 aliphatic heterocycles. The normalized spacial score (nSPS) is 25.1. The largest absolute Gasteiger partial charge is 0.378 e. The van der Waals surface area contributed by atoms with Crippen LogP contribution in [0.4, 0.5) is 11.8 Å². The summed E-state index contributed by atoms with van der Waals surface area (Å²) in [6.07, 6.45) is 3.72. The molecule has 1 aromatic rings. The highest BCUT2D eigenvalue weighted by molar-refractivity contribution is 5.44. The highest BCUT2D eigenvalue weighted by Gasteiger charge is 2.31. The zero-order chi connectivity index (χ0) is 14.9. The van der Waals surface area contributed by atoms with Gasteiger partial charge in [-0.2, -0.15) is 4.98 Å². The molecule has 1 saturated heterocycles. The van der Waals surface area contributed by atoms with Crippen molar-refractivity contribution in [2.75, 3.05) is 36.5 Å². The molecular weight excluding hydrogens is 264 g/mol. The van der Waals surface area contributed by atoms with Crippen molar-refractivity contribution in [2.45, 2.75) is 46.1 Å². The fraction of sp³-hybridized carbons (Fsp3) is 0.750. The molecule has 2 heterocycles. The first-order valence-electron chi connectivity index (χ1n) is 7.97. The lowest BCUT2D eigenvalue weighted by Crippen LogP contribution is -2.37. The van der Waals surface area contributed by atoms with Gasteiger partial charge in [-0.05, 0) is 31.6 Å². The Morgan fingerprint density at radius 2 is 2.05 bits per heavy atom. The minimum atomic E-state index is 0.451. The monoisotopic (exact) mass is 290 g/mol. The highest BCUT2D eigenvalue weighted by atomic mass is 16.5. The fourth-order valence-electron chi connectivity index (χ4n) is 3.30. The summed E-state index contributed by atoms with van der Waals surface area (Å²) >= 11 is 0. The van der Waals surface area contributed by atoms with Crippen LogP contribution >= 0.6 is 0 Å². The van der Waals surface area contributed by atoms with Gasteiger partial charge in [0.25, 0.3) is 0 Å². The molecule has 1 unspecified atom stereocenters. The van der Waals surface area contributed by atoms with Crippen molar-refractivity contribution in [3.8, 4) is 0 Å². The number of aryl methyl sites for hydroxylation is 1. The molecule has 21 heavy (non-hydrogen) atoms. The van der Waals surface area contributed by atoms with E-state index in [-0.39, 0.29) is 0 Å². The molecule has 0 radical (unpaired) electrons. The van der Waals surface area contributed by atoms with Crippen LogP contribution in [0.2, 0.25) is 0 Å². The lowest BCUT2D eigenvalue weighted by molar-refractivity contribution is 0.122. The van der Waals surface area contributed by atoms with E-state index in [9.17, 15) is 0 Å². The van der Waals surface area contributed by atoms with Crippen LogP contribution in [0.15, 0.2) is 6.07 Å². The fourth-order valence-corrected chi connectivity index (χ4v) is 3.30. The summed E-state index contributed by atoms with van der Waals surface area (Å²) in [4.78, 5) is 11.5. The van der Waals surface area contributed by atoms with Gasteiger partial charge in [0, 0.05) is 30.9 Å². The Balaban J connectivity index is 1.72. The molecule has 5 nitrogen and oxygen atoms in total. The number of ether oxygens (including phenoxy) is 1. The van der Waals surface area contributed by atoms with Crippen LogP contribution in [0.1, 0.15) is 38.8 Å². The maximum absolute atomic E-state index is 5.40. The number of rotatable bonds is 3. The third-order valence-electron chi connectivity index (χ3n) is 4.46. The molecule has 3 rings (SSSR count). The van der Waals surface area contributed by atoms with Gasteiger partial charge in [0.15, 0.2) is 0 Å². The molecule has 2 aliphatic rings. The minimum Gasteiger partial charge on any atom is -0.378 e. The molecule has 0 bridgehead atoms. The second-order valence-corrected chi connectivity index (χ2v) is 7.04. The predicted molar refractivity (Wildman–Crippen MR) is 84.8 cm³/mol. The van der Waals surface area contributed by atoms with Gasteiger partial charge in [-0.15, -0.1) is 0 Å². The highest BCUT2D eigenvalue weighted by Crippen LogP contribution is 2.38. The Kier molecular flexibility index (Phi) is 4.02. The van der Waals surface area contributed by atoms with Gasteiger partial charge in [-0.1, -0.05) is 13.8 Å². The van der Waals surface area contributed by atoms with Crippen LogP contribution in [-0.4, -0.2) is 42.3 Å². The third kappa shape index (κ3) is 3.64. The van der Waals surface area contributed by atoms with E-state index in [4.69, 9.17) is 9.72 Å². The average Bonchev–Trinajstić information content (AvgIpc) is 2.78. The number of nitrogens with zero attached hydrogens (tertiary/aromatic N) is 3. The summed E-state index contributed by atoms with van der Waals surface area (Å²) < 4.78 is 5.40. The van der Waals surface area contributed by atoms with E-state index in [2.05, 4.69) is 35.1 Å². The molecule has 1 N–H and O–H groups in total. The summed E-state index contributed by atoms with van der Waals surface area (Å²) in [5.74, 6) is 1.80. The minimum absolute atomic E-state index is 0.451. The molecule has 0 amide bonds. The van der Waals surface area contributed by atoms with E-state index in [1.165, 1.54) is 19.3 Å². The van der Waals surface area contributed by atoms with E-state index < -0.39 is 0 Å². The Morgan fingerprint density at radius 3 is 2.71 bits per heavy atom. The molecular formula is C16H26N4O. The molecule has 1 aromatic heterocycles. The molecule has 1 aliphatic carbocycles. The van der Waals surface area contributed by atoms with Crippen LogP contribution in [-0.2, 0) is 4.74 Å². The summed E-state index contributed by atoms with van der Waals surface area (Å²) in [5, 5.41) is 3.61. The molecule has 2 fully saturated rings.